The lowest BCUT2D eigenvalue weighted by molar-refractivity contribution is -0.301. The third kappa shape index (κ3) is 7.17. The molecule has 0 bridgehead atoms. The van der Waals surface area contributed by atoms with E-state index >= 15 is 0 Å². The van der Waals surface area contributed by atoms with Crippen LogP contribution >= 0.6 is 0 Å². The smallest absolute Gasteiger partial charge is 0.292 e. The lowest BCUT2D eigenvalue weighted by Crippen LogP contribution is -2.21. The second kappa shape index (κ2) is 10.2. The van der Waals surface area contributed by atoms with E-state index in [9.17, 15) is 9.59 Å². The van der Waals surface area contributed by atoms with Crippen molar-refractivity contribution in [3.8, 4) is 0 Å². The number of carbonyl (C=O) groups excluding carboxylic acids is 2. The molecule has 4 heteroatoms. The summed E-state index contributed by atoms with van der Waals surface area (Å²) < 4.78 is 0. The van der Waals surface area contributed by atoms with E-state index in [4.69, 9.17) is 4.89 Å². The van der Waals surface area contributed by atoms with Gasteiger partial charge in [0.1, 0.15) is 5.60 Å². The van der Waals surface area contributed by atoms with E-state index in [-0.39, 0.29) is 5.78 Å². The van der Waals surface area contributed by atoms with Crippen LogP contribution in [0.3, 0.4) is 0 Å². The molecule has 0 aliphatic carbocycles. The molecule has 3 aromatic carbocycles. The molecule has 0 saturated heterocycles. The lowest BCUT2D eigenvalue weighted by Gasteiger charge is -2.16. The molecule has 3 aromatic rings. The Bertz CT molecular complexity index is 825. The molecule has 0 radical (unpaired) electrons. The van der Waals surface area contributed by atoms with Gasteiger partial charge in [-0.15, -0.1) is 0 Å². The SMILES string of the molecule is CC(C)(C)OOC(=O)c1ccccc1.O=C(c1ccccc1)c1ccccc1. The Morgan fingerprint density at radius 3 is 1.32 bits per heavy atom. The highest BCUT2D eigenvalue weighted by molar-refractivity contribution is 6.08. The van der Waals surface area contributed by atoms with E-state index < -0.39 is 11.6 Å². The van der Waals surface area contributed by atoms with Gasteiger partial charge in [0.2, 0.25) is 0 Å². The Morgan fingerprint density at radius 1 is 0.607 bits per heavy atom. The molecular formula is C24H24O4. The summed E-state index contributed by atoms with van der Waals surface area (Å²) in [6.07, 6.45) is 0. The van der Waals surface area contributed by atoms with E-state index in [0.717, 1.165) is 11.1 Å². The van der Waals surface area contributed by atoms with Gasteiger partial charge in [0.05, 0.1) is 5.56 Å². The zero-order chi connectivity index (χ0) is 20.4. The highest BCUT2D eigenvalue weighted by atomic mass is 17.2. The molecule has 144 valence electrons. The zero-order valence-electron chi connectivity index (χ0n) is 16.3. The molecule has 0 aromatic heterocycles. The summed E-state index contributed by atoms with van der Waals surface area (Å²) >= 11 is 0. The van der Waals surface area contributed by atoms with Crippen molar-refractivity contribution in [1.29, 1.82) is 0 Å². The van der Waals surface area contributed by atoms with E-state index in [2.05, 4.69) is 4.89 Å². The number of carbonyl (C=O) groups is 2. The number of hydrogen-bond acceptors (Lipinski definition) is 4. The minimum Gasteiger partial charge on any atom is -0.292 e. The van der Waals surface area contributed by atoms with Gasteiger partial charge in [0, 0.05) is 11.1 Å². The minimum absolute atomic E-state index is 0.0752. The fourth-order valence-corrected chi connectivity index (χ4v) is 2.13. The largest absolute Gasteiger partial charge is 0.373 e. The summed E-state index contributed by atoms with van der Waals surface area (Å²) in [5.74, 6) is -0.397. The van der Waals surface area contributed by atoms with Gasteiger partial charge in [-0.3, -0.25) is 9.68 Å². The normalized spacial score (nSPS) is 10.4. The van der Waals surface area contributed by atoms with Crippen molar-refractivity contribution in [3.05, 3.63) is 108 Å². The van der Waals surface area contributed by atoms with E-state index in [1.165, 1.54) is 0 Å². The predicted octanol–water partition coefficient (Wildman–Crippen LogP) is 5.49. The van der Waals surface area contributed by atoms with Crippen molar-refractivity contribution in [2.45, 2.75) is 26.4 Å². The molecule has 0 spiro atoms. The average Bonchev–Trinajstić information content (AvgIpc) is 2.73. The van der Waals surface area contributed by atoms with Crippen LogP contribution in [0.4, 0.5) is 0 Å². The van der Waals surface area contributed by atoms with Crippen LogP contribution in [0.5, 0.6) is 0 Å². The zero-order valence-corrected chi connectivity index (χ0v) is 16.3. The maximum atomic E-state index is 11.8. The third-order valence-corrected chi connectivity index (χ3v) is 3.45. The van der Waals surface area contributed by atoms with Crippen LogP contribution in [-0.2, 0) is 9.78 Å². The van der Waals surface area contributed by atoms with Gasteiger partial charge in [-0.05, 0) is 32.9 Å². The van der Waals surface area contributed by atoms with Crippen molar-refractivity contribution < 1.29 is 19.4 Å². The number of hydrogen-bond donors (Lipinski definition) is 0. The van der Waals surface area contributed by atoms with Crippen LogP contribution < -0.4 is 0 Å². The first kappa shape index (κ1) is 21.1. The molecular weight excluding hydrogens is 352 g/mol. The Hall–Kier alpha value is -3.24. The monoisotopic (exact) mass is 376 g/mol. The fourth-order valence-electron chi connectivity index (χ4n) is 2.13. The minimum atomic E-state index is -0.482. The molecule has 0 aliphatic rings. The number of rotatable bonds is 4. The molecule has 0 fully saturated rings. The maximum Gasteiger partial charge on any atom is 0.373 e. The predicted molar refractivity (Wildman–Crippen MR) is 109 cm³/mol. The fraction of sp³-hybridized carbons (Fsp3) is 0.167. The first-order valence-corrected chi connectivity index (χ1v) is 8.97. The van der Waals surface area contributed by atoms with Gasteiger partial charge >= 0.3 is 5.97 Å². The van der Waals surface area contributed by atoms with Crippen LogP contribution in [-0.4, -0.2) is 17.4 Å². The highest BCUT2D eigenvalue weighted by Crippen LogP contribution is 2.10. The second-order valence-electron chi connectivity index (χ2n) is 6.99. The first-order valence-electron chi connectivity index (χ1n) is 8.97. The molecule has 0 atom stereocenters. The van der Waals surface area contributed by atoms with E-state index in [1.54, 1.807) is 24.3 Å². The van der Waals surface area contributed by atoms with Crippen LogP contribution in [0.15, 0.2) is 91.0 Å². The van der Waals surface area contributed by atoms with Crippen LogP contribution in [0.1, 0.15) is 47.1 Å². The van der Waals surface area contributed by atoms with Crippen LogP contribution in [0.2, 0.25) is 0 Å². The van der Waals surface area contributed by atoms with Gasteiger partial charge in [-0.1, -0.05) is 78.9 Å². The van der Waals surface area contributed by atoms with Gasteiger partial charge in [-0.2, -0.15) is 4.89 Å². The Labute approximate surface area is 165 Å². The third-order valence-electron chi connectivity index (χ3n) is 3.45. The van der Waals surface area contributed by atoms with Gasteiger partial charge < -0.3 is 0 Å². The summed E-state index contributed by atoms with van der Waals surface area (Å²) in [5.41, 5.74) is 1.47. The molecule has 0 unspecified atom stereocenters. The van der Waals surface area contributed by atoms with Crippen molar-refractivity contribution >= 4 is 11.8 Å². The molecule has 3 rings (SSSR count). The summed E-state index contributed by atoms with van der Waals surface area (Å²) in [6, 6.07) is 27.3. The topological polar surface area (TPSA) is 52.6 Å². The molecule has 0 amide bonds. The van der Waals surface area contributed by atoms with Crippen molar-refractivity contribution in [2.75, 3.05) is 0 Å². The second-order valence-corrected chi connectivity index (χ2v) is 6.99. The number of benzene rings is 3. The standard InChI is InChI=1S/C13H10O.C11H14O3/c14-13(11-7-3-1-4-8-11)12-9-5-2-6-10-12;1-11(2,3)14-13-10(12)9-7-5-4-6-8-9/h1-10H;4-8H,1-3H3. The lowest BCUT2D eigenvalue weighted by atomic mass is 10.0. The van der Waals surface area contributed by atoms with Crippen molar-refractivity contribution in [3.63, 3.8) is 0 Å². The Balaban J connectivity index is 0.000000200. The number of ketones is 1. The molecule has 28 heavy (non-hydrogen) atoms. The van der Waals surface area contributed by atoms with Crippen LogP contribution in [0, 0.1) is 0 Å². The van der Waals surface area contributed by atoms with Crippen molar-refractivity contribution in [1.82, 2.24) is 0 Å². The average molecular weight is 376 g/mol. The Morgan fingerprint density at radius 2 is 0.964 bits per heavy atom. The van der Waals surface area contributed by atoms with Crippen LogP contribution in [0.25, 0.3) is 0 Å². The van der Waals surface area contributed by atoms with Gasteiger partial charge in [-0.25, -0.2) is 4.79 Å². The maximum absolute atomic E-state index is 11.8. The summed E-state index contributed by atoms with van der Waals surface area (Å²) in [6.45, 7) is 5.43. The van der Waals surface area contributed by atoms with Crippen molar-refractivity contribution in [2.24, 2.45) is 0 Å². The summed E-state index contributed by atoms with van der Waals surface area (Å²) in [7, 11) is 0. The van der Waals surface area contributed by atoms with Gasteiger partial charge in [0.15, 0.2) is 5.78 Å². The van der Waals surface area contributed by atoms with E-state index in [1.807, 2.05) is 87.5 Å². The summed E-state index contributed by atoms with van der Waals surface area (Å²) in [4.78, 5) is 32.7. The molecule has 0 heterocycles. The molecule has 4 nitrogen and oxygen atoms in total. The first-order chi connectivity index (χ1) is 13.4. The highest BCUT2D eigenvalue weighted by Gasteiger charge is 2.16. The van der Waals surface area contributed by atoms with Gasteiger partial charge in [0.25, 0.3) is 0 Å². The van der Waals surface area contributed by atoms with E-state index in [0.29, 0.717) is 5.56 Å². The quantitative estimate of drug-likeness (QED) is 0.343. The molecule has 0 aliphatic heterocycles. The Kier molecular flexibility index (Phi) is 7.66. The molecule has 0 saturated carbocycles. The molecule has 0 N–H and O–H groups in total. The summed E-state index contributed by atoms with van der Waals surface area (Å²) in [5, 5.41) is 0.